The number of carbonyl (C=O) groups is 2. The van der Waals surface area contributed by atoms with Crippen molar-refractivity contribution >= 4 is 17.5 Å². The van der Waals surface area contributed by atoms with E-state index in [1.807, 2.05) is 4.90 Å². The van der Waals surface area contributed by atoms with Gasteiger partial charge in [-0.2, -0.15) is 0 Å². The Kier molecular flexibility index (Phi) is 4.07. The molecule has 2 saturated heterocycles. The van der Waals surface area contributed by atoms with Crippen LogP contribution in [0.5, 0.6) is 0 Å². The molecule has 2 saturated carbocycles. The molecule has 2 amide bonds. The lowest BCUT2D eigenvalue weighted by molar-refractivity contribution is -0.142. The van der Waals surface area contributed by atoms with Crippen LogP contribution in [0.1, 0.15) is 43.4 Å². The van der Waals surface area contributed by atoms with Crippen LogP contribution < -0.4 is 5.32 Å². The van der Waals surface area contributed by atoms with Gasteiger partial charge in [0.05, 0.1) is 24.5 Å². The summed E-state index contributed by atoms with van der Waals surface area (Å²) < 4.78 is 0. The number of likely N-dealkylation sites (tertiary alicyclic amines) is 2. The minimum Gasteiger partial charge on any atom is -0.392 e. The molecule has 2 N–H and O–H groups in total. The van der Waals surface area contributed by atoms with Gasteiger partial charge in [0.25, 0.3) is 0 Å². The highest BCUT2D eigenvalue weighted by molar-refractivity contribution is 5.80. The van der Waals surface area contributed by atoms with E-state index in [1.54, 1.807) is 6.92 Å². The molecule has 7 rings (SSSR count). The van der Waals surface area contributed by atoms with Crippen LogP contribution >= 0.6 is 0 Å². The van der Waals surface area contributed by atoms with E-state index in [-0.39, 0.29) is 41.2 Å². The molecular formula is C26H32N4O3. The number of nitrogens with zero attached hydrogens (tertiary/aromatic N) is 3. The van der Waals surface area contributed by atoms with Crippen molar-refractivity contribution in [2.75, 3.05) is 32.8 Å². The maximum atomic E-state index is 13.3. The number of piperidine rings is 2. The van der Waals surface area contributed by atoms with Crippen LogP contribution in [0.25, 0.3) is 5.70 Å². The zero-order valence-corrected chi connectivity index (χ0v) is 19.1. The number of aliphatic hydroxyl groups excluding tert-OH is 1. The molecule has 1 aromatic rings. The smallest absolute Gasteiger partial charge is 0.225 e. The Morgan fingerprint density at radius 1 is 1.12 bits per heavy atom. The van der Waals surface area contributed by atoms with E-state index in [4.69, 9.17) is 0 Å². The number of benzene rings is 1. The number of carbonyl (C=O) groups excluding carboxylic acids is 2. The lowest BCUT2D eigenvalue weighted by Gasteiger charge is -2.47. The lowest BCUT2D eigenvalue weighted by Crippen LogP contribution is -2.52. The monoisotopic (exact) mass is 448 g/mol. The van der Waals surface area contributed by atoms with E-state index in [1.165, 1.54) is 16.8 Å². The largest absolute Gasteiger partial charge is 0.392 e. The van der Waals surface area contributed by atoms with Gasteiger partial charge < -0.3 is 25.1 Å². The normalized spacial score (nSPS) is 38.4. The number of rotatable bonds is 2. The minimum absolute atomic E-state index is 0.0357. The Morgan fingerprint density at radius 3 is 2.70 bits per heavy atom. The number of amides is 2. The first kappa shape index (κ1) is 19.9. The van der Waals surface area contributed by atoms with E-state index in [0.717, 1.165) is 39.0 Å². The highest BCUT2D eigenvalue weighted by atomic mass is 16.3. The average Bonchev–Trinajstić information content (AvgIpc) is 3.08. The molecule has 6 aliphatic rings. The molecule has 0 aromatic heterocycles. The molecule has 7 heteroatoms. The number of aliphatic hydroxyl groups is 1. The Balaban J connectivity index is 1.07. The fraction of sp³-hybridized carbons (Fsp3) is 0.615. The number of hydrogen-bond acceptors (Lipinski definition) is 5. The fourth-order valence-corrected chi connectivity index (χ4v) is 8.22. The summed E-state index contributed by atoms with van der Waals surface area (Å²) in [5.74, 6) is 1.57. The molecule has 2 aliphatic carbocycles. The van der Waals surface area contributed by atoms with Crippen molar-refractivity contribution in [3.63, 3.8) is 0 Å². The third-order valence-corrected chi connectivity index (χ3v) is 9.86. The van der Waals surface area contributed by atoms with Crippen molar-refractivity contribution < 1.29 is 14.7 Å². The Bertz CT molecular complexity index is 1060. The van der Waals surface area contributed by atoms with Crippen molar-refractivity contribution in [1.82, 2.24) is 20.0 Å². The van der Waals surface area contributed by atoms with Crippen LogP contribution in [0.2, 0.25) is 0 Å². The number of nitrogens with one attached hydrogen (secondary N) is 1. The molecule has 0 radical (unpaired) electrons. The Morgan fingerprint density at radius 2 is 1.91 bits per heavy atom. The van der Waals surface area contributed by atoms with Gasteiger partial charge in [-0.3, -0.25) is 9.59 Å². The van der Waals surface area contributed by atoms with E-state index in [9.17, 15) is 14.7 Å². The average molecular weight is 449 g/mol. The maximum Gasteiger partial charge on any atom is 0.225 e. The molecule has 33 heavy (non-hydrogen) atoms. The summed E-state index contributed by atoms with van der Waals surface area (Å²) >= 11 is 0. The SMILES string of the molecule is CC(=O)N1CCC(C(=O)N2CCC34C(C2)C3[C@@H]([C@H]2c3ccccc3C3=CNCN32)[C@H]4O)CC1. The van der Waals surface area contributed by atoms with Gasteiger partial charge in [-0.25, -0.2) is 0 Å². The first-order valence-corrected chi connectivity index (χ1v) is 12.5. The van der Waals surface area contributed by atoms with Crippen LogP contribution in [0.15, 0.2) is 30.5 Å². The number of hydrogen-bond donors (Lipinski definition) is 2. The highest BCUT2D eigenvalue weighted by Crippen LogP contribution is 2.80. The second kappa shape index (κ2) is 6.75. The van der Waals surface area contributed by atoms with E-state index >= 15 is 0 Å². The van der Waals surface area contributed by atoms with Crippen LogP contribution in [0.3, 0.4) is 0 Å². The quantitative estimate of drug-likeness (QED) is 0.719. The molecule has 1 aromatic carbocycles. The van der Waals surface area contributed by atoms with Crippen molar-refractivity contribution in [3.8, 4) is 0 Å². The number of fused-ring (bicyclic) bond motifs is 4. The van der Waals surface area contributed by atoms with Crippen LogP contribution in [-0.4, -0.2) is 70.6 Å². The molecular weight excluding hydrogens is 416 g/mol. The molecule has 0 bridgehead atoms. The Hall–Kier alpha value is -2.54. The summed E-state index contributed by atoms with van der Waals surface area (Å²) in [5, 5.41) is 14.8. The van der Waals surface area contributed by atoms with Gasteiger partial charge in [-0.05, 0) is 36.7 Å². The van der Waals surface area contributed by atoms with Gasteiger partial charge >= 0.3 is 0 Å². The van der Waals surface area contributed by atoms with E-state index in [2.05, 4.69) is 45.6 Å². The summed E-state index contributed by atoms with van der Waals surface area (Å²) in [7, 11) is 0. The van der Waals surface area contributed by atoms with Crippen molar-refractivity contribution in [2.45, 2.75) is 38.3 Å². The van der Waals surface area contributed by atoms with Crippen LogP contribution in [-0.2, 0) is 9.59 Å². The summed E-state index contributed by atoms with van der Waals surface area (Å²) in [6, 6.07) is 8.85. The van der Waals surface area contributed by atoms with Gasteiger partial charge in [0.1, 0.15) is 0 Å². The highest BCUT2D eigenvalue weighted by Gasteiger charge is 2.82. The molecule has 1 spiro atoms. The maximum absolute atomic E-state index is 13.3. The zero-order valence-electron chi connectivity index (χ0n) is 19.1. The van der Waals surface area contributed by atoms with Gasteiger partial charge in [-0.1, -0.05) is 24.3 Å². The van der Waals surface area contributed by atoms with Crippen molar-refractivity contribution in [3.05, 3.63) is 41.6 Å². The predicted molar refractivity (Wildman–Crippen MR) is 122 cm³/mol. The standard InChI is InChI=1S/C26H32N4O3/c1-15(31)28-9-6-16(7-10-28)25(33)29-11-8-26-19(13-29)22(26)21(24(26)32)23-18-5-3-2-4-17(18)20-12-27-14-30(20)23/h2-5,12,16,19,21-24,27,32H,6-11,13-14H2,1H3/t19?,21-,22?,23+,24+,26?/m0/s1. The first-order chi connectivity index (χ1) is 16.0. The molecule has 4 fully saturated rings. The summed E-state index contributed by atoms with van der Waals surface area (Å²) in [5.41, 5.74) is 3.92. The third-order valence-electron chi connectivity index (χ3n) is 9.86. The fourth-order valence-electron chi connectivity index (χ4n) is 8.22. The summed E-state index contributed by atoms with van der Waals surface area (Å²) in [6.45, 7) is 5.34. The second-order valence-corrected chi connectivity index (χ2v) is 11.0. The Labute approximate surface area is 194 Å². The van der Waals surface area contributed by atoms with Gasteiger partial charge in [-0.15, -0.1) is 0 Å². The first-order valence-electron chi connectivity index (χ1n) is 12.5. The molecule has 7 nitrogen and oxygen atoms in total. The molecule has 3 unspecified atom stereocenters. The zero-order chi connectivity index (χ0) is 22.5. The molecule has 4 heterocycles. The van der Waals surface area contributed by atoms with Gasteiger partial charge in [0.2, 0.25) is 11.8 Å². The molecule has 174 valence electrons. The van der Waals surface area contributed by atoms with Gasteiger partial charge in [0.15, 0.2) is 0 Å². The minimum atomic E-state index is -0.290. The third kappa shape index (κ3) is 2.49. The topological polar surface area (TPSA) is 76.1 Å². The summed E-state index contributed by atoms with van der Waals surface area (Å²) in [6.07, 6.45) is 4.29. The van der Waals surface area contributed by atoms with E-state index < -0.39 is 0 Å². The molecule has 6 atom stereocenters. The molecule has 4 aliphatic heterocycles. The van der Waals surface area contributed by atoms with Crippen LogP contribution in [0.4, 0.5) is 0 Å². The lowest BCUT2D eigenvalue weighted by atomic mass is 9.65. The van der Waals surface area contributed by atoms with Crippen molar-refractivity contribution in [2.24, 2.45) is 29.1 Å². The second-order valence-electron chi connectivity index (χ2n) is 11.0. The van der Waals surface area contributed by atoms with E-state index in [0.29, 0.717) is 24.9 Å². The predicted octanol–water partition coefficient (Wildman–Crippen LogP) is 1.62. The van der Waals surface area contributed by atoms with Crippen LogP contribution in [0, 0.1) is 29.1 Å². The van der Waals surface area contributed by atoms with Gasteiger partial charge in [0, 0.05) is 62.1 Å². The van der Waals surface area contributed by atoms with Crippen molar-refractivity contribution in [1.29, 1.82) is 0 Å². The summed E-state index contributed by atoms with van der Waals surface area (Å²) in [4.78, 5) is 31.3.